The van der Waals surface area contributed by atoms with Gasteiger partial charge in [-0.25, -0.2) is 15.2 Å². The zero-order chi connectivity index (χ0) is 13.2. The summed E-state index contributed by atoms with van der Waals surface area (Å²) < 4.78 is 19.1. The van der Waals surface area contributed by atoms with Crippen LogP contribution in [0.5, 0.6) is 11.6 Å². The molecule has 0 atom stereocenters. The molecule has 5 nitrogen and oxygen atoms in total. The van der Waals surface area contributed by atoms with Gasteiger partial charge in [0.1, 0.15) is 4.83 Å². The van der Waals surface area contributed by atoms with Crippen LogP contribution in [-0.4, -0.2) is 9.97 Å². The largest absolute Gasteiger partial charge is 0.435 e. The number of nitrogens with two attached hydrogens (primary N) is 1. The molecule has 0 unspecified atom stereocenters. The fourth-order valence-corrected chi connectivity index (χ4v) is 2.36. The first-order chi connectivity index (χ1) is 9.28. The Bertz CT molecular complexity index is 731. The maximum Gasteiger partial charge on any atom is 0.241 e. The van der Waals surface area contributed by atoms with Crippen molar-refractivity contribution in [2.24, 2.45) is 5.84 Å². The van der Waals surface area contributed by atoms with E-state index in [1.54, 1.807) is 12.1 Å². The van der Waals surface area contributed by atoms with Gasteiger partial charge in [-0.3, -0.25) is 5.43 Å². The van der Waals surface area contributed by atoms with Gasteiger partial charge in [-0.05, 0) is 23.6 Å². The van der Waals surface area contributed by atoms with Crippen LogP contribution >= 0.6 is 11.3 Å². The highest BCUT2D eigenvalue weighted by molar-refractivity contribution is 7.16. The Morgan fingerprint density at radius 1 is 1.21 bits per heavy atom. The summed E-state index contributed by atoms with van der Waals surface area (Å²) >= 11 is 1.43. The third-order valence-corrected chi connectivity index (χ3v) is 3.27. The van der Waals surface area contributed by atoms with E-state index in [4.69, 9.17) is 10.6 Å². The number of para-hydroxylation sites is 1. The fourth-order valence-electron chi connectivity index (χ4n) is 1.60. The van der Waals surface area contributed by atoms with Gasteiger partial charge < -0.3 is 4.74 Å². The Morgan fingerprint density at radius 2 is 2.05 bits per heavy atom. The van der Waals surface area contributed by atoms with E-state index in [2.05, 4.69) is 15.4 Å². The average Bonchev–Trinajstić information content (AvgIpc) is 2.89. The van der Waals surface area contributed by atoms with Crippen LogP contribution < -0.4 is 16.0 Å². The number of hydrazine groups is 1. The molecule has 2 heterocycles. The number of hydrogen-bond donors (Lipinski definition) is 2. The Balaban J connectivity index is 2.09. The lowest BCUT2D eigenvalue weighted by Crippen LogP contribution is -2.10. The molecule has 96 valence electrons. The molecule has 7 heteroatoms. The van der Waals surface area contributed by atoms with Crippen LogP contribution in [-0.2, 0) is 0 Å². The molecule has 0 fully saturated rings. The van der Waals surface area contributed by atoms with E-state index in [-0.39, 0.29) is 17.6 Å². The average molecular weight is 276 g/mol. The van der Waals surface area contributed by atoms with Crippen LogP contribution in [0.4, 0.5) is 10.3 Å². The van der Waals surface area contributed by atoms with E-state index < -0.39 is 5.82 Å². The fraction of sp³-hybridized carbons (Fsp3) is 0. The molecular weight excluding hydrogens is 267 g/mol. The lowest BCUT2D eigenvalue weighted by Gasteiger charge is -2.08. The van der Waals surface area contributed by atoms with Crippen molar-refractivity contribution >= 4 is 27.5 Å². The van der Waals surface area contributed by atoms with Gasteiger partial charge in [-0.2, -0.15) is 4.98 Å². The summed E-state index contributed by atoms with van der Waals surface area (Å²) in [5.41, 5.74) is 2.36. The smallest absolute Gasteiger partial charge is 0.241 e. The molecule has 0 saturated heterocycles. The van der Waals surface area contributed by atoms with Crippen molar-refractivity contribution in [1.82, 2.24) is 9.97 Å². The number of hydrogen-bond acceptors (Lipinski definition) is 6. The molecule has 0 spiro atoms. The predicted molar refractivity (Wildman–Crippen MR) is 71.7 cm³/mol. The third-order valence-electron chi connectivity index (χ3n) is 2.46. The minimum atomic E-state index is -0.452. The summed E-state index contributed by atoms with van der Waals surface area (Å²) in [7, 11) is 0. The van der Waals surface area contributed by atoms with Gasteiger partial charge >= 0.3 is 0 Å². The highest BCUT2D eigenvalue weighted by Gasteiger charge is 2.12. The maximum absolute atomic E-state index is 13.6. The monoisotopic (exact) mass is 276 g/mol. The number of benzene rings is 1. The summed E-state index contributed by atoms with van der Waals surface area (Å²) in [4.78, 5) is 8.99. The van der Waals surface area contributed by atoms with E-state index in [9.17, 15) is 4.39 Å². The second-order valence-electron chi connectivity index (χ2n) is 3.67. The van der Waals surface area contributed by atoms with Crippen molar-refractivity contribution in [3.8, 4) is 11.6 Å². The van der Waals surface area contributed by atoms with Crippen molar-refractivity contribution in [2.45, 2.75) is 0 Å². The van der Waals surface area contributed by atoms with Gasteiger partial charge in [0.25, 0.3) is 0 Å². The molecule has 0 radical (unpaired) electrons. The second-order valence-corrected chi connectivity index (χ2v) is 4.56. The molecule has 19 heavy (non-hydrogen) atoms. The van der Waals surface area contributed by atoms with Gasteiger partial charge in [0, 0.05) is 0 Å². The molecule has 0 aliphatic rings. The number of ether oxygens (including phenoxy) is 1. The van der Waals surface area contributed by atoms with Crippen LogP contribution in [0.15, 0.2) is 35.7 Å². The Kier molecular flexibility index (Phi) is 2.98. The van der Waals surface area contributed by atoms with E-state index >= 15 is 0 Å². The lowest BCUT2D eigenvalue weighted by molar-refractivity contribution is 0.432. The zero-order valence-electron chi connectivity index (χ0n) is 9.63. The number of thiophene rings is 1. The highest BCUT2D eigenvalue weighted by atomic mass is 32.1. The number of nitrogen functional groups attached to an aromatic ring is 1. The van der Waals surface area contributed by atoms with Crippen molar-refractivity contribution in [1.29, 1.82) is 0 Å². The molecular formula is C12H9FN4OS. The minimum Gasteiger partial charge on any atom is -0.435 e. The van der Waals surface area contributed by atoms with E-state index in [1.165, 1.54) is 23.5 Å². The van der Waals surface area contributed by atoms with Crippen molar-refractivity contribution in [3.05, 3.63) is 41.5 Å². The van der Waals surface area contributed by atoms with Crippen LogP contribution in [0.3, 0.4) is 0 Å². The Labute approximate surface area is 111 Å². The maximum atomic E-state index is 13.6. The van der Waals surface area contributed by atoms with E-state index in [0.717, 1.165) is 0 Å². The van der Waals surface area contributed by atoms with Crippen LogP contribution in [0.25, 0.3) is 10.2 Å². The quantitative estimate of drug-likeness (QED) is 0.568. The first kappa shape index (κ1) is 11.8. The minimum absolute atomic E-state index is 0.108. The number of halogens is 1. The molecule has 3 aromatic rings. The molecule has 0 bridgehead atoms. The SMILES string of the molecule is NNc1nc(Oc2ccccc2F)c2ccsc2n1. The van der Waals surface area contributed by atoms with Crippen LogP contribution in [0, 0.1) is 5.82 Å². The normalized spacial score (nSPS) is 10.6. The van der Waals surface area contributed by atoms with E-state index in [0.29, 0.717) is 10.2 Å². The molecule has 0 aliphatic heterocycles. The number of nitrogens with one attached hydrogen (secondary N) is 1. The van der Waals surface area contributed by atoms with E-state index in [1.807, 2.05) is 11.4 Å². The molecule has 0 saturated carbocycles. The molecule has 1 aromatic carbocycles. The van der Waals surface area contributed by atoms with Gasteiger partial charge in [0.05, 0.1) is 5.39 Å². The van der Waals surface area contributed by atoms with Crippen LogP contribution in [0.2, 0.25) is 0 Å². The first-order valence-corrected chi connectivity index (χ1v) is 6.30. The summed E-state index contributed by atoms with van der Waals surface area (Å²) in [6.07, 6.45) is 0. The summed E-state index contributed by atoms with van der Waals surface area (Å²) in [5, 5.41) is 2.57. The zero-order valence-corrected chi connectivity index (χ0v) is 10.4. The number of aromatic nitrogens is 2. The second kappa shape index (κ2) is 4.79. The number of fused-ring (bicyclic) bond motifs is 1. The third kappa shape index (κ3) is 2.20. The number of anilines is 1. The predicted octanol–water partition coefficient (Wildman–Crippen LogP) is 2.91. The van der Waals surface area contributed by atoms with Crippen molar-refractivity contribution in [3.63, 3.8) is 0 Å². The van der Waals surface area contributed by atoms with Gasteiger partial charge in [-0.1, -0.05) is 12.1 Å². The first-order valence-electron chi connectivity index (χ1n) is 5.42. The van der Waals surface area contributed by atoms with Gasteiger partial charge in [0.2, 0.25) is 11.8 Å². The Hall–Kier alpha value is -2.25. The molecule has 0 amide bonds. The lowest BCUT2D eigenvalue weighted by atomic mass is 10.3. The molecule has 2 aromatic heterocycles. The molecule has 3 rings (SSSR count). The summed E-state index contributed by atoms with van der Waals surface area (Å²) in [6, 6.07) is 7.95. The summed E-state index contributed by atoms with van der Waals surface area (Å²) in [5.74, 6) is 5.45. The van der Waals surface area contributed by atoms with Crippen molar-refractivity contribution < 1.29 is 9.13 Å². The number of nitrogens with zero attached hydrogens (tertiary/aromatic N) is 2. The standard InChI is InChI=1S/C12H9FN4OS/c13-8-3-1-2-4-9(8)18-10-7-5-6-19-11(7)16-12(15-10)17-14/h1-6H,14H2,(H,15,16,17). The molecule has 0 aliphatic carbocycles. The van der Waals surface area contributed by atoms with Crippen LogP contribution in [0.1, 0.15) is 0 Å². The molecule has 3 N–H and O–H groups in total. The van der Waals surface area contributed by atoms with Gasteiger partial charge in [-0.15, -0.1) is 11.3 Å². The van der Waals surface area contributed by atoms with Gasteiger partial charge in [0.15, 0.2) is 11.6 Å². The van der Waals surface area contributed by atoms with Crippen molar-refractivity contribution in [2.75, 3.05) is 5.43 Å². The topological polar surface area (TPSA) is 73.1 Å². The Morgan fingerprint density at radius 3 is 2.84 bits per heavy atom. The number of rotatable bonds is 3. The highest BCUT2D eigenvalue weighted by Crippen LogP contribution is 2.32. The summed E-state index contributed by atoms with van der Waals surface area (Å²) in [6.45, 7) is 0.